The SMILES string of the molecule is CCN1C(=O)C2C(C1=O)C1(CC)C=CC2(CC)O1. The maximum absolute atomic E-state index is 12.4. The smallest absolute Gasteiger partial charge is 0.236 e. The standard InChI is InChI=1S/C14H19NO3/c1-4-13-7-8-14(5-2,18-13)10-9(13)11(16)15(6-3)12(10)17/h7-10H,4-6H2,1-3H3. The molecule has 3 aliphatic heterocycles. The summed E-state index contributed by atoms with van der Waals surface area (Å²) < 4.78 is 6.17. The highest BCUT2D eigenvalue weighted by Crippen LogP contribution is 2.59. The second kappa shape index (κ2) is 3.44. The summed E-state index contributed by atoms with van der Waals surface area (Å²) in [6.45, 7) is 6.35. The van der Waals surface area contributed by atoms with Gasteiger partial charge in [-0.3, -0.25) is 14.5 Å². The van der Waals surface area contributed by atoms with Crippen LogP contribution in [0, 0.1) is 11.8 Å². The van der Waals surface area contributed by atoms with Crippen molar-refractivity contribution < 1.29 is 14.3 Å². The molecule has 0 radical (unpaired) electrons. The van der Waals surface area contributed by atoms with E-state index in [1.165, 1.54) is 4.90 Å². The molecule has 0 saturated carbocycles. The van der Waals surface area contributed by atoms with E-state index in [0.717, 1.165) is 12.8 Å². The lowest BCUT2D eigenvalue weighted by atomic mass is 9.70. The summed E-state index contributed by atoms with van der Waals surface area (Å²) in [5.74, 6) is -0.706. The monoisotopic (exact) mass is 249 g/mol. The normalized spacial score (nSPS) is 45.2. The average molecular weight is 249 g/mol. The Balaban J connectivity index is 2.12. The molecule has 3 heterocycles. The zero-order chi connectivity index (χ0) is 13.1. The van der Waals surface area contributed by atoms with Crippen molar-refractivity contribution in [3.8, 4) is 0 Å². The van der Waals surface area contributed by atoms with Gasteiger partial charge in [0.25, 0.3) is 0 Å². The van der Waals surface area contributed by atoms with Gasteiger partial charge in [0.05, 0.1) is 23.0 Å². The fourth-order valence-electron chi connectivity index (χ4n) is 3.88. The van der Waals surface area contributed by atoms with Gasteiger partial charge in [-0.15, -0.1) is 0 Å². The number of nitrogens with zero attached hydrogens (tertiary/aromatic N) is 1. The Morgan fingerprint density at radius 3 is 1.83 bits per heavy atom. The Hall–Kier alpha value is -1.16. The topological polar surface area (TPSA) is 46.6 Å². The quantitative estimate of drug-likeness (QED) is 0.562. The van der Waals surface area contributed by atoms with Crippen LogP contribution in [0.4, 0.5) is 0 Å². The molecule has 2 fully saturated rings. The van der Waals surface area contributed by atoms with Gasteiger partial charge in [-0.2, -0.15) is 0 Å². The van der Waals surface area contributed by atoms with Crippen molar-refractivity contribution >= 4 is 11.8 Å². The Kier molecular flexibility index (Phi) is 2.28. The predicted molar refractivity (Wildman–Crippen MR) is 65.6 cm³/mol. The lowest BCUT2D eigenvalue weighted by Gasteiger charge is -2.28. The van der Waals surface area contributed by atoms with Gasteiger partial charge in [-0.05, 0) is 19.8 Å². The molecule has 0 aromatic carbocycles. The molecular formula is C14H19NO3. The number of ether oxygens (including phenoxy) is 1. The van der Waals surface area contributed by atoms with E-state index < -0.39 is 11.2 Å². The molecule has 3 aliphatic rings. The molecule has 2 amide bonds. The minimum absolute atomic E-state index is 0.0472. The van der Waals surface area contributed by atoms with Gasteiger partial charge in [0, 0.05) is 6.54 Å². The zero-order valence-corrected chi connectivity index (χ0v) is 11.1. The second-order valence-corrected chi connectivity index (χ2v) is 5.43. The molecule has 4 nitrogen and oxygen atoms in total. The number of hydrogen-bond acceptors (Lipinski definition) is 3. The molecule has 0 aromatic heterocycles. The van der Waals surface area contributed by atoms with Gasteiger partial charge in [0.1, 0.15) is 0 Å². The van der Waals surface area contributed by atoms with Crippen molar-refractivity contribution in [2.75, 3.05) is 6.54 Å². The third-order valence-corrected chi connectivity index (χ3v) is 4.90. The van der Waals surface area contributed by atoms with Crippen molar-refractivity contribution in [3.05, 3.63) is 12.2 Å². The molecule has 3 rings (SSSR count). The highest BCUT2D eigenvalue weighted by atomic mass is 16.5. The second-order valence-electron chi connectivity index (χ2n) is 5.43. The van der Waals surface area contributed by atoms with Crippen LogP contribution >= 0.6 is 0 Å². The molecule has 2 saturated heterocycles. The fourth-order valence-corrected chi connectivity index (χ4v) is 3.88. The van der Waals surface area contributed by atoms with Gasteiger partial charge in [0.15, 0.2) is 0 Å². The highest BCUT2D eigenvalue weighted by Gasteiger charge is 2.71. The minimum Gasteiger partial charge on any atom is -0.359 e. The Labute approximate surface area is 107 Å². The van der Waals surface area contributed by atoms with E-state index in [9.17, 15) is 9.59 Å². The van der Waals surface area contributed by atoms with Crippen LogP contribution in [0.1, 0.15) is 33.6 Å². The summed E-state index contributed by atoms with van der Waals surface area (Å²) in [5, 5.41) is 0. The first kappa shape index (κ1) is 11.9. The molecule has 4 atom stereocenters. The van der Waals surface area contributed by atoms with Gasteiger partial charge in [-0.25, -0.2) is 0 Å². The summed E-state index contributed by atoms with van der Waals surface area (Å²) in [4.78, 5) is 26.3. The van der Waals surface area contributed by atoms with Gasteiger partial charge in [-0.1, -0.05) is 26.0 Å². The van der Waals surface area contributed by atoms with E-state index in [-0.39, 0.29) is 23.7 Å². The van der Waals surface area contributed by atoms with Crippen LogP contribution in [0.5, 0.6) is 0 Å². The number of fused-ring (bicyclic) bond motifs is 5. The Bertz CT molecular complexity index is 420. The molecular weight excluding hydrogens is 230 g/mol. The fraction of sp³-hybridized carbons (Fsp3) is 0.714. The molecule has 0 aromatic rings. The number of rotatable bonds is 3. The number of imide groups is 1. The van der Waals surface area contributed by atoms with Crippen LogP contribution in [0.3, 0.4) is 0 Å². The maximum atomic E-state index is 12.4. The zero-order valence-electron chi connectivity index (χ0n) is 11.1. The largest absolute Gasteiger partial charge is 0.359 e. The predicted octanol–water partition coefficient (Wildman–Crippen LogP) is 1.51. The number of amides is 2. The van der Waals surface area contributed by atoms with Crippen LogP contribution in [-0.4, -0.2) is 34.5 Å². The van der Waals surface area contributed by atoms with Crippen LogP contribution in [-0.2, 0) is 14.3 Å². The van der Waals surface area contributed by atoms with E-state index in [1.807, 2.05) is 32.9 Å². The first-order valence-corrected chi connectivity index (χ1v) is 6.81. The summed E-state index contributed by atoms with van der Waals surface area (Å²) >= 11 is 0. The lowest BCUT2D eigenvalue weighted by molar-refractivity contribution is -0.147. The number of hydrogen-bond donors (Lipinski definition) is 0. The Morgan fingerprint density at radius 1 is 1.06 bits per heavy atom. The van der Waals surface area contributed by atoms with E-state index in [0.29, 0.717) is 6.54 Å². The van der Waals surface area contributed by atoms with Crippen molar-refractivity contribution in [1.82, 2.24) is 4.90 Å². The molecule has 4 heteroatoms. The number of likely N-dealkylation sites (tertiary alicyclic amines) is 1. The molecule has 0 N–H and O–H groups in total. The molecule has 4 unspecified atom stereocenters. The summed E-state index contributed by atoms with van der Waals surface area (Å²) in [5.41, 5.74) is -1.09. The summed E-state index contributed by atoms with van der Waals surface area (Å²) in [6, 6.07) is 0. The third kappa shape index (κ3) is 1.06. The van der Waals surface area contributed by atoms with E-state index in [1.54, 1.807) is 0 Å². The minimum atomic E-state index is -0.544. The Morgan fingerprint density at radius 2 is 1.50 bits per heavy atom. The summed E-state index contributed by atoms with van der Waals surface area (Å²) in [6.07, 6.45) is 5.51. The van der Waals surface area contributed by atoms with Crippen LogP contribution in [0.2, 0.25) is 0 Å². The highest BCUT2D eigenvalue weighted by molar-refractivity contribution is 6.07. The average Bonchev–Trinajstić information content (AvgIpc) is 2.98. The lowest BCUT2D eigenvalue weighted by Crippen LogP contribution is -2.40. The molecule has 18 heavy (non-hydrogen) atoms. The van der Waals surface area contributed by atoms with Crippen LogP contribution < -0.4 is 0 Å². The maximum Gasteiger partial charge on any atom is 0.236 e. The van der Waals surface area contributed by atoms with Crippen molar-refractivity contribution in [2.24, 2.45) is 11.8 Å². The van der Waals surface area contributed by atoms with Crippen LogP contribution in [0.15, 0.2) is 12.2 Å². The molecule has 2 bridgehead atoms. The van der Waals surface area contributed by atoms with E-state index in [4.69, 9.17) is 4.74 Å². The van der Waals surface area contributed by atoms with Gasteiger partial charge < -0.3 is 4.74 Å². The summed E-state index contributed by atoms with van der Waals surface area (Å²) in [7, 11) is 0. The first-order valence-electron chi connectivity index (χ1n) is 6.81. The molecule has 0 spiro atoms. The van der Waals surface area contributed by atoms with Crippen molar-refractivity contribution in [3.63, 3.8) is 0 Å². The van der Waals surface area contributed by atoms with E-state index >= 15 is 0 Å². The van der Waals surface area contributed by atoms with Crippen LogP contribution in [0.25, 0.3) is 0 Å². The van der Waals surface area contributed by atoms with Gasteiger partial charge >= 0.3 is 0 Å². The van der Waals surface area contributed by atoms with Crippen molar-refractivity contribution in [2.45, 2.75) is 44.8 Å². The molecule has 98 valence electrons. The number of carbonyl (C=O) groups excluding carboxylic acids is 2. The van der Waals surface area contributed by atoms with E-state index in [2.05, 4.69) is 0 Å². The van der Waals surface area contributed by atoms with Gasteiger partial charge in [0.2, 0.25) is 11.8 Å². The van der Waals surface area contributed by atoms with Crippen molar-refractivity contribution in [1.29, 1.82) is 0 Å². The first-order chi connectivity index (χ1) is 8.55. The third-order valence-electron chi connectivity index (χ3n) is 4.90. The molecule has 0 aliphatic carbocycles. The number of carbonyl (C=O) groups is 2.